The van der Waals surface area contributed by atoms with Crippen molar-refractivity contribution in [2.45, 2.75) is 20.8 Å². The lowest BCUT2D eigenvalue weighted by Crippen LogP contribution is -2.21. The van der Waals surface area contributed by atoms with E-state index in [1.807, 2.05) is 24.3 Å². The average molecular weight is 279 g/mol. The third-order valence-corrected chi connectivity index (χ3v) is 3.59. The quantitative estimate of drug-likeness (QED) is 0.865. The van der Waals surface area contributed by atoms with Crippen LogP contribution >= 0.6 is 11.8 Å². The second-order valence-corrected chi connectivity index (χ2v) is 5.32. The van der Waals surface area contributed by atoms with Crippen LogP contribution in [0.2, 0.25) is 0 Å². The largest absolute Gasteiger partial charge is 0.507 e. The predicted octanol–water partition coefficient (Wildman–Crippen LogP) is 3.53. The van der Waals surface area contributed by atoms with Gasteiger partial charge < -0.3 is 10.0 Å². The Hall–Kier alpha value is -1.42. The van der Waals surface area contributed by atoms with Crippen molar-refractivity contribution >= 4 is 28.6 Å². The molecule has 0 fully saturated rings. The minimum Gasteiger partial charge on any atom is -0.507 e. The van der Waals surface area contributed by atoms with Crippen molar-refractivity contribution in [2.24, 2.45) is 0 Å². The molecule has 0 amide bonds. The summed E-state index contributed by atoms with van der Waals surface area (Å²) >= 11 is 1.26. The highest BCUT2D eigenvalue weighted by Gasteiger charge is 2.04. The third-order valence-electron chi connectivity index (χ3n) is 2.82. The summed E-state index contributed by atoms with van der Waals surface area (Å²) < 4.78 is 0. The predicted molar refractivity (Wildman–Crippen MR) is 83.8 cm³/mol. The second-order valence-electron chi connectivity index (χ2n) is 4.12. The fourth-order valence-electron chi connectivity index (χ4n) is 1.80. The smallest absolute Gasteiger partial charge is 0.186 e. The molecule has 4 heteroatoms. The number of phenolic OH excluding ortho intramolecular Hbond substituents is 1. The highest BCUT2D eigenvalue weighted by molar-refractivity contribution is 8.13. The Balaban J connectivity index is 2.74. The molecule has 0 bridgehead atoms. The number of phenols is 1. The summed E-state index contributed by atoms with van der Waals surface area (Å²) in [6, 6.07) is 5.69. The lowest BCUT2D eigenvalue weighted by Gasteiger charge is -2.21. The van der Waals surface area contributed by atoms with Crippen molar-refractivity contribution < 1.29 is 9.90 Å². The van der Waals surface area contributed by atoms with Gasteiger partial charge in [0, 0.05) is 43.1 Å². The maximum Gasteiger partial charge on any atom is 0.186 e. The van der Waals surface area contributed by atoms with E-state index in [1.165, 1.54) is 11.8 Å². The van der Waals surface area contributed by atoms with Gasteiger partial charge in [-0.1, -0.05) is 23.9 Å². The molecular weight excluding hydrogens is 258 g/mol. The Morgan fingerprint density at radius 3 is 2.58 bits per heavy atom. The molecule has 1 rings (SSSR count). The van der Waals surface area contributed by atoms with E-state index in [4.69, 9.17) is 0 Å². The molecule has 19 heavy (non-hydrogen) atoms. The van der Waals surface area contributed by atoms with E-state index in [0.717, 1.165) is 24.3 Å². The van der Waals surface area contributed by atoms with Crippen molar-refractivity contribution in [3.63, 3.8) is 0 Å². The summed E-state index contributed by atoms with van der Waals surface area (Å²) in [6.45, 7) is 7.57. The van der Waals surface area contributed by atoms with Crippen LogP contribution in [0, 0.1) is 0 Å². The first-order chi connectivity index (χ1) is 9.08. The van der Waals surface area contributed by atoms with Crippen LogP contribution in [0.5, 0.6) is 5.75 Å². The van der Waals surface area contributed by atoms with Gasteiger partial charge in [0.25, 0.3) is 0 Å². The van der Waals surface area contributed by atoms with Crippen molar-refractivity contribution in [3.05, 3.63) is 29.8 Å². The number of benzene rings is 1. The average Bonchev–Trinajstić information content (AvgIpc) is 2.38. The zero-order valence-corrected chi connectivity index (χ0v) is 12.5. The molecule has 0 saturated carbocycles. The van der Waals surface area contributed by atoms with Gasteiger partial charge in [0.1, 0.15) is 5.75 Å². The molecule has 0 radical (unpaired) electrons. The number of hydrogen-bond acceptors (Lipinski definition) is 4. The van der Waals surface area contributed by atoms with E-state index < -0.39 is 0 Å². The van der Waals surface area contributed by atoms with Crippen LogP contribution < -0.4 is 4.90 Å². The Bertz CT molecular complexity index is 453. The van der Waals surface area contributed by atoms with Gasteiger partial charge in [0.05, 0.1) is 0 Å². The van der Waals surface area contributed by atoms with Gasteiger partial charge >= 0.3 is 0 Å². The molecule has 0 aliphatic carbocycles. The van der Waals surface area contributed by atoms with Crippen LogP contribution in [-0.4, -0.2) is 29.1 Å². The number of thioether (sulfide) groups is 1. The SMILES string of the molecule is CCN(CC)c1ccc(C=CCSC(C)=O)c(O)c1. The molecule has 0 atom stereocenters. The number of carbonyl (C=O) groups excluding carboxylic acids is 1. The summed E-state index contributed by atoms with van der Waals surface area (Å²) in [5.41, 5.74) is 1.80. The summed E-state index contributed by atoms with van der Waals surface area (Å²) in [5.74, 6) is 0.903. The minimum atomic E-state index is 0.103. The second kappa shape index (κ2) is 7.89. The number of carbonyl (C=O) groups is 1. The van der Waals surface area contributed by atoms with E-state index >= 15 is 0 Å². The van der Waals surface area contributed by atoms with Gasteiger partial charge in [-0.3, -0.25) is 4.79 Å². The molecule has 0 heterocycles. The van der Waals surface area contributed by atoms with Gasteiger partial charge in [0.2, 0.25) is 0 Å². The van der Waals surface area contributed by atoms with Crippen molar-refractivity contribution in [2.75, 3.05) is 23.7 Å². The molecule has 104 valence electrons. The minimum absolute atomic E-state index is 0.103. The monoisotopic (exact) mass is 279 g/mol. The van der Waals surface area contributed by atoms with Gasteiger partial charge in [-0.15, -0.1) is 0 Å². The van der Waals surface area contributed by atoms with E-state index in [0.29, 0.717) is 5.75 Å². The fourth-order valence-corrected chi connectivity index (χ4v) is 2.23. The van der Waals surface area contributed by atoms with Crippen LogP contribution in [0.15, 0.2) is 24.3 Å². The van der Waals surface area contributed by atoms with Gasteiger partial charge in [-0.25, -0.2) is 0 Å². The lowest BCUT2D eigenvalue weighted by atomic mass is 10.1. The highest BCUT2D eigenvalue weighted by Crippen LogP contribution is 2.25. The number of anilines is 1. The number of nitrogens with zero attached hydrogens (tertiary/aromatic N) is 1. The molecule has 0 spiro atoms. The van der Waals surface area contributed by atoms with Crippen molar-refractivity contribution in [3.8, 4) is 5.75 Å². The normalized spacial score (nSPS) is 10.9. The maximum absolute atomic E-state index is 10.8. The van der Waals surface area contributed by atoms with E-state index in [9.17, 15) is 9.90 Å². The molecule has 0 aliphatic rings. The maximum atomic E-state index is 10.8. The molecule has 1 N–H and O–H groups in total. The molecule has 0 saturated heterocycles. The standard InChI is InChI=1S/C15H21NO2S/c1-4-16(5-2)14-9-8-13(15(18)11-14)7-6-10-19-12(3)17/h6-9,11,18H,4-5,10H2,1-3H3. The zero-order chi connectivity index (χ0) is 14.3. The van der Waals surface area contributed by atoms with Crippen LogP contribution in [0.3, 0.4) is 0 Å². The number of hydrogen-bond donors (Lipinski definition) is 1. The van der Waals surface area contributed by atoms with E-state index in [2.05, 4.69) is 18.7 Å². The lowest BCUT2D eigenvalue weighted by molar-refractivity contribution is -0.109. The van der Waals surface area contributed by atoms with Gasteiger partial charge in [-0.2, -0.15) is 0 Å². The van der Waals surface area contributed by atoms with E-state index in [-0.39, 0.29) is 10.9 Å². The Morgan fingerprint density at radius 1 is 1.37 bits per heavy atom. The molecule has 0 unspecified atom stereocenters. The first-order valence-corrected chi connectivity index (χ1v) is 7.44. The van der Waals surface area contributed by atoms with Gasteiger partial charge in [0.15, 0.2) is 5.12 Å². The van der Waals surface area contributed by atoms with Crippen LogP contribution in [-0.2, 0) is 4.79 Å². The molecule has 1 aromatic carbocycles. The number of rotatable bonds is 6. The summed E-state index contributed by atoms with van der Waals surface area (Å²) in [5, 5.41) is 10.1. The Morgan fingerprint density at radius 2 is 2.05 bits per heavy atom. The summed E-state index contributed by atoms with van der Waals surface area (Å²) in [6.07, 6.45) is 3.73. The molecule has 3 nitrogen and oxygen atoms in total. The highest BCUT2D eigenvalue weighted by atomic mass is 32.2. The van der Waals surface area contributed by atoms with Crippen molar-refractivity contribution in [1.82, 2.24) is 0 Å². The third kappa shape index (κ3) is 4.99. The molecule has 0 aromatic heterocycles. The van der Waals surface area contributed by atoms with Crippen LogP contribution in [0.1, 0.15) is 26.3 Å². The van der Waals surface area contributed by atoms with Crippen LogP contribution in [0.4, 0.5) is 5.69 Å². The Kier molecular flexibility index (Phi) is 6.50. The first kappa shape index (κ1) is 15.6. The molecule has 0 aliphatic heterocycles. The summed E-state index contributed by atoms with van der Waals surface area (Å²) in [7, 11) is 0. The summed E-state index contributed by atoms with van der Waals surface area (Å²) in [4.78, 5) is 13.0. The van der Waals surface area contributed by atoms with Gasteiger partial charge in [-0.05, 0) is 26.0 Å². The molecular formula is C15H21NO2S. The number of aromatic hydroxyl groups is 1. The molecule has 1 aromatic rings. The van der Waals surface area contributed by atoms with Crippen LogP contribution in [0.25, 0.3) is 6.08 Å². The Labute approximate surface area is 119 Å². The van der Waals surface area contributed by atoms with E-state index in [1.54, 1.807) is 13.0 Å². The fraction of sp³-hybridized carbons (Fsp3) is 0.400. The zero-order valence-electron chi connectivity index (χ0n) is 11.7. The topological polar surface area (TPSA) is 40.5 Å². The van der Waals surface area contributed by atoms with Crippen molar-refractivity contribution in [1.29, 1.82) is 0 Å². The first-order valence-electron chi connectivity index (χ1n) is 6.46.